The summed E-state index contributed by atoms with van der Waals surface area (Å²) < 4.78 is 13.8. The molecule has 0 aliphatic heterocycles. The van der Waals surface area contributed by atoms with Crippen LogP contribution < -0.4 is 5.32 Å². The molecule has 0 radical (unpaired) electrons. The SMILES string of the molecule is O=C(Cc1ccccc1F)Nc1ccccc1-c1nc2ccccc2[nH]1. The monoisotopic (exact) mass is 345 g/mol. The molecule has 4 aromatic rings. The van der Waals surface area contributed by atoms with Gasteiger partial charge in [-0.1, -0.05) is 42.5 Å². The van der Waals surface area contributed by atoms with Crippen molar-refractivity contribution in [3.8, 4) is 11.4 Å². The van der Waals surface area contributed by atoms with Gasteiger partial charge in [-0.15, -0.1) is 0 Å². The number of rotatable bonds is 4. The number of benzene rings is 3. The first-order chi connectivity index (χ1) is 12.7. The zero-order chi connectivity index (χ0) is 17.9. The number of nitrogens with zero attached hydrogens (tertiary/aromatic N) is 1. The molecule has 4 rings (SSSR count). The minimum atomic E-state index is -0.381. The van der Waals surface area contributed by atoms with Crippen LogP contribution in [0.2, 0.25) is 0 Å². The number of carbonyl (C=O) groups excluding carboxylic acids is 1. The number of amides is 1. The van der Waals surface area contributed by atoms with Gasteiger partial charge in [-0.3, -0.25) is 4.79 Å². The number of nitrogens with one attached hydrogen (secondary N) is 2. The third-order valence-electron chi connectivity index (χ3n) is 4.15. The number of hydrogen-bond acceptors (Lipinski definition) is 2. The van der Waals surface area contributed by atoms with Crippen molar-refractivity contribution in [2.45, 2.75) is 6.42 Å². The van der Waals surface area contributed by atoms with E-state index in [1.165, 1.54) is 6.07 Å². The second-order valence-electron chi connectivity index (χ2n) is 5.96. The number of carbonyl (C=O) groups is 1. The van der Waals surface area contributed by atoms with E-state index in [-0.39, 0.29) is 18.1 Å². The molecular formula is C21H16FN3O. The number of aromatic nitrogens is 2. The second kappa shape index (κ2) is 6.80. The summed E-state index contributed by atoms with van der Waals surface area (Å²) in [4.78, 5) is 20.2. The molecule has 5 heteroatoms. The van der Waals surface area contributed by atoms with Gasteiger partial charge in [0.15, 0.2) is 0 Å². The molecule has 0 aliphatic rings. The fourth-order valence-corrected chi connectivity index (χ4v) is 2.89. The van der Waals surface area contributed by atoms with Gasteiger partial charge in [0.25, 0.3) is 0 Å². The van der Waals surface area contributed by atoms with Crippen LogP contribution in [-0.2, 0) is 11.2 Å². The summed E-state index contributed by atoms with van der Waals surface area (Å²) in [6.45, 7) is 0. The molecule has 0 aliphatic carbocycles. The van der Waals surface area contributed by atoms with Crippen molar-refractivity contribution in [2.24, 2.45) is 0 Å². The van der Waals surface area contributed by atoms with E-state index < -0.39 is 0 Å². The van der Waals surface area contributed by atoms with E-state index >= 15 is 0 Å². The molecule has 1 amide bonds. The second-order valence-corrected chi connectivity index (χ2v) is 5.96. The number of halogens is 1. The first kappa shape index (κ1) is 16.0. The predicted octanol–water partition coefficient (Wildman–Crippen LogP) is 4.55. The quantitative estimate of drug-likeness (QED) is 0.570. The van der Waals surface area contributed by atoms with Crippen LogP contribution in [-0.4, -0.2) is 15.9 Å². The largest absolute Gasteiger partial charge is 0.338 e. The van der Waals surface area contributed by atoms with Gasteiger partial charge < -0.3 is 10.3 Å². The van der Waals surface area contributed by atoms with Gasteiger partial charge in [0.1, 0.15) is 11.6 Å². The summed E-state index contributed by atoms with van der Waals surface area (Å²) in [6.07, 6.45) is -0.0266. The molecule has 26 heavy (non-hydrogen) atoms. The van der Waals surface area contributed by atoms with E-state index in [0.29, 0.717) is 17.1 Å². The zero-order valence-corrected chi connectivity index (χ0v) is 13.9. The number of aromatic amines is 1. The highest BCUT2D eigenvalue weighted by molar-refractivity contribution is 5.96. The summed E-state index contributed by atoms with van der Waals surface area (Å²) in [7, 11) is 0. The lowest BCUT2D eigenvalue weighted by Crippen LogP contribution is -2.15. The highest BCUT2D eigenvalue weighted by Gasteiger charge is 2.13. The third kappa shape index (κ3) is 3.19. The molecule has 0 saturated heterocycles. The Bertz CT molecular complexity index is 1050. The molecular weight excluding hydrogens is 329 g/mol. The Kier molecular flexibility index (Phi) is 4.19. The summed E-state index contributed by atoms with van der Waals surface area (Å²) in [6, 6.07) is 21.4. The van der Waals surface area contributed by atoms with Gasteiger partial charge in [0, 0.05) is 5.56 Å². The Morgan fingerprint density at radius 3 is 2.54 bits per heavy atom. The zero-order valence-electron chi connectivity index (χ0n) is 13.9. The maximum Gasteiger partial charge on any atom is 0.228 e. The summed E-state index contributed by atoms with van der Waals surface area (Å²) in [5.74, 6) is 0.0138. The maximum atomic E-state index is 13.8. The average Bonchev–Trinajstić information content (AvgIpc) is 3.08. The Labute approximate surface area is 149 Å². The van der Waals surface area contributed by atoms with Crippen molar-refractivity contribution in [1.82, 2.24) is 9.97 Å². The first-order valence-corrected chi connectivity index (χ1v) is 8.28. The molecule has 0 saturated carbocycles. The van der Waals surface area contributed by atoms with E-state index in [4.69, 9.17) is 0 Å². The molecule has 0 bridgehead atoms. The van der Waals surface area contributed by atoms with Crippen molar-refractivity contribution >= 4 is 22.6 Å². The lowest BCUT2D eigenvalue weighted by molar-refractivity contribution is -0.115. The van der Waals surface area contributed by atoms with Gasteiger partial charge in [0.05, 0.1) is 23.1 Å². The summed E-state index contributed by atoms with van der Waals surface area (Å²) >= 11 is 0. The molecule has 128 valence electrons. The lowest BCUT2D eigenvalue weighted by atomic mass is 10.1. The van der Waals surface area contributed by atoms with Gasteiger partial charge in [-0.25, -0.2) is 9.37 Å². The number of hydrogen-bond donors (Lipinski definition) is 2. The highest BCUT2D eigenvalue weighted by atomic mass is 19.1. The number of H-pyrrole nitrogens is 1. The van der Waals surface area contributed by atoms with E-state index in [2.05, 4.69) is 15.3 Å². The van der Waals surface area contributed by atoms with Crippen LogP contribution in [0.4, 0.5) is 10.1 Å². The maximum absolute atomic E-state index is 13.8. The molecule has 0 fully saturated rings. The molecule has 3 aromatic carbocycles. The molecule has 4 nitrogen and oxygen atoms in total. The molecule has 1 heterocycles. The summed E-state index contributed by atoms with van der Waals surface area (Å²) in [5, 5.41) is 2.86. The molecule has 0 atom stereocenters. The average molecular weight is 345 g/mol. The molecule has 2 N–H and O–H groups in total. The van der Waals surface area contributed by atoms with Crippen molar-refractivity contribution in [3.63, 3.8) is 0 Å². The topological polar surface area (TPSA) is 57.8 Å². The van der Waals surface area contributed by atoms with Crippen molar-refractivity contribution in [2.75, 3.05) is 5.32 Å². The van der Waals surface area contributed by atoms with Crippen LogP contribution in [0.1, 0.15) is 5.56 Å². The number of para-hydroxylation sites is 3. The van der Waals surface area contributed by atoms with E-state index in [1.54, 1.807) is 18.2 Å². The van der Waals surface area contributed by atoms with Crippen molar-refractivity contribution in [3.05, 3.63) is 84.2 Å². The minimum absolute atomic E-state index is 0.0266. The molecule has 1 aromatic heterocycles. The fraction of sp³-hybridized carbons (Fsp3) is 0.0476. The van der Waals surface area contributed by atoms with Gasteiger partial charge in [-0.2, -0.15) is 0 Å². The first-order valence-electron chi connectivity index (χ1n) is 8.28. The van der Waals surface area contributed by atoms with Crippen molar-refractivity contribution in [1.29, 1.82) is 0 Å². The third-order valence-corrected chi connectivity index (χ3v) is 4.15. The number of imidazole rings is 1. The molecule has 0 spiro atoms. The number of anilines is 1. The van der Waals surface area contributed by atoms with Crippen LogP contribution in [0, 0.1) is 5.82 Å². The Morgan fingerprint density at radius 1 is 0.962 bits per heavy atom. The van der Waals surface area contributed by atoms with Gasteiger partial charge >= 0.3 is 0 Å². The van der Waals surface area contributed by atoms with Gasteiger partial charge in [0.2, 0.25) is 5.91 Å². The van der Waals surface area contributed by atoms with Gasteiger partial charge in [-0.05, 0) is 35.9 Å². The Morgan fingerprint density at radius 2 is 1.69 bits per heavy atom. The smallest absolute Gasteiger partial charge is 0.228 e. The highest BCUT2D eigenvalue weighted by Crippen LogP contribution is 2.27. The summed E-state index contributed by atoms with van der Waals surface area (Å²) in [5.41, 5.74) is 3.56. The van der Waals surface area contributed by atoms with Crippen LogP contribution in [0.5, 0.6) is 0 Å². The fourth-order valence-electron chi connectivity index (χ4n) is 2.89. The Hall–Kier alpha value is -3.47. The standard InChI is InChI=1S/C21H16FN3O/c22-16-9-3-1-7-14(16)13-20(26)23-17-10-4-2-8-15(17)21-24-18-11-5-6-12-19(18)25-21/h1-12H,13H2,(H,23,26)(H,24,25). The van der Waals surface area contributed by atoms with E-state index in [1.807, 2.05) is 48.5 Å². The predicted molar refractivity (Wildman–Crippen MR) is 100 cm³/mol. The number of fused-ring (bicyclic) bond motifs is 1. The lowest BCUT2D eigenvalue weighted by Gasteiger charge is -2.10. The van der Waals surface area contributed by atoms with Crippen LogP contribution in [0.15, 0.2) is 72.8 Å². The van der Waals surface area contributed by atoms with Crippen LogP contribution >= 0.6 is 0 Å². The minimum Gasteiger partial charge on any atom is -0.338 e. The van der Waals surface area contributed by atoms with Crippen LogP contribution in [0.3, 0.4) is 0 Å². The van der Waals surface area contributed by atoms with Crippen molar-refractivity contribution < 1.29 is 9.18 Å². The van der Waals surface area contributed by atoms with E-state index in [9.17, 15) is 9.18 Å². The van der Waals surface area contributed by atoms with Crippen LogP contribution in [0.25, 0.3) is 22.4 Å². The molecule has 0 unspecified atom stereocenters. The Balaban J connectivity index is 1.61. The van der Waals surface area contributed by atoms with E-state index in [0.717, 1.165) is 16.6 Å². The normalized spacial score (nSPS) is 10.8.